The van der Waals surface area contributed by atoms with Crippen LogP contribution in [0.1, 0.15) is 24.6 Å². The van der Waals surface area contributed by atoms with Gasteiger partial charge in [0, 0.05) is 11.1 Å². The van der Waals surface area contributed by atoms with Gasteiger partial charge in [0.05, 0.1) is 12.1 Å². The smallest absolute Gasteiger partial charge is 0.246 e. The fourth-order valence-corrected chi connectivity index (χ4v) is 2.89. The number of carbonyl (C=O) groups is 2. The summed E-state index contributed by atoms with van der Waals surface area (Å²) in [6.07, 6.45) is 3.84. The molecule has 2 fully saturated rings. The molecule has 2 atom stereocenters. The Labute approximate surface area is 109 Å². The van der Waals surface area contributed by atoms with Gasteiger partial charge in [-0.25, -0.2) is 0 Å². The lowest BCUT2D eigenvalue weighted by Gasteiger charge is -2.37. The summed E-state index contributed by atoms with van der Waals surface area (Å²) in [5.74, 6) is 0.354. The molecule has 1 aliphatic carbocycles. The van der Waals surface area contributed by atoms with Crippen molar-refractivity contribution in [1.82, 2.24) is 15.2 Å². The van der Waals surface area contributed by atoms with Gasteiger partial charge in [-0.05, 0) is 25.7 Å². The maximum atomic E-state index is 12.4. The van der Waals surface area contributed by atoms with Crippen LogP contribution in [0.2, 0.25) is 0 Å². The number of rotatable bonds is 3. The second-order valence-corrected chi connectivity index (χ2v) is 5.90. The average Bonchev–Trinajstić information content (AvgIpc) is 3.07. The number of nitrogens with one attached hydrogen (secondary N) is 1. The Morgan fingerprint density at radius 3 is 2.89 bits per heavy atom. The van der Waals surface area contributed by atoms with Crippen LogP contribution in [0.4, 0.5) is 0 Å². The molecule has 2 heterocycles. The number of hydrogen-bond acceptors (Lipinski definition) is 4. The Kier molecular flexibility index (Phi) is 2.81. The van der Waals surface area contributed by atoms with Crippen molar-refractivity contribution in [3.63, 3.8) is 0 Å². The van der Waals surface area contributed by atoms with Crippen molar-refractivity contribution in [3.05, 3.63) is 16.6 Å². The minimum absolute atomic E-state index is 0.0454. The molecule has 2 amide bonds. The molecule has 1 saturated carbocycles. The Morgan fingerprint density at radius 1 is 1.50 bits per heavy atom. The molecule has 1 aliphatic heterocycles. The average molecular weight is 265 g/mol. The maximum absolute atomic E-state index is 12.4. The van der Waals surface area contributed by atoms with Crippen molar-refractivity contribution in [2.45, 2.75) is 38.4 Å². The second kappa shape index (κ2) is 4.35. The highest BCUT2D eigenvalue weighted by molar-refractivity contribution is 7.09. The van der Waals surface area contributed by atoms with E-state index < -0.39 is 6.04 Å². The first-order valence-corrected chi connectivity index (χ1v) is 7.03. The molecule has 6 heteroatoms. The molecule has 0 radical (unpaired) electrons. The van der Waals surface area contributed by atoms with Gasteiger partial charge in [-0.2, -0.15) is 0 Å². The normalized spacial score (nSPS) is 28.4. The predicted molar refractivity (Wildman–Crippen MR) is 66.8 cm³/mol. The van der Waals surface area contributed by atoms with Gasteiger partial charge in [-0.1, -0.05) is 0 Å². The standard InChI is InChI=1S/C12H15N3O2S/c1-7-11(16)14-10(8-2-3-8)12(17)15(7)5-9-4-13-6-18-9/h4,6-8,10H,2-3,5H2,1H3,(H,14,16). The van der Waals surface area contributed by atoms with Gasteiger partial charge in [-0.3, -0.25) is 14.6 Å². The largest absolute Gasteiger partial charge is 0.342 e. The lowest BCUT2D eigenvalue weighted by Crippen LogP contribution is -2.62. The number of carbonyl (C=O) groups excluding carboxylic acids is 2. The number of aromatic nitrogens is 1. The van der Waals surface area contributed by atoms with E-state index in [4.69, 9.17) is 0 Å². The van der Waals surface area contributed by atoms with Crippen LogP contribution in [0.3, 0.4) is 0 Å². The number of hydrogen-bond donors (Lipinski definition) is 1. The number of amides is 2. The fourth-order valence-electron chi connectivity index (χ4n) is 2.30. The molecule has 1 aromatic rings. The molecular formula is C12H15N3O2S. The maximum Gasteiger partial charge on any atom is 0.246 e. The SMILES string of the molecule is CC1C(=O)NC(C2CC2)C(=O)N1Cc1cncs1. The van der Waals surface area contributed by atoms with E-state index in [-0.39, 0.29) is 17.9 Å². The summed E-state index contributed by atoms with van der Waals surface area (Å²) in [7, 11) is 0. The van der Waals surface area contributed by atoms with Gasteiger partial charge in [0.25, 0.3) is 0 Å². The Bertz CT molecular complexity index is 470. The quantitative estimate of drug-likeness (QED) is 0.878. The van der Waals surface area contributed by atoms with Crippen LogP contribution in [-0.4, -0.2) is 33.8 Å². The van der Waals surface area contributed by atoms with Crippen molar-refractivity contribution in [3.8, 4) is 0 Å². The van der Waals surface area contributed by atoms with Crippen molar-refractivity contribution in [2.24, 2.45) is 5.92 Å². The lowest BCUT2D eigenvalue weighted by atomic mass is 10.0. The van der Waals surface area contributed by atoms with E-state index in [0.717, 1.165) is 17.7 Å². The number of thiazole rings is 1. The summed E-state index contributed by atoms with van der Waals surface area (Å²) in [4.78, 5) is 31.0. The van der Waals surface area contributed by atoms with Crippen molar-refractivity contribution >= 4 is 23.2 Å². The van der Waals surface area contributed by atoms with E-state index in [1.165, 1.54) is 11.3 Å². The van der Waals surface area contributed by atoms with E-state index in [1.54, 1.807) is 23.5 Å². The first-order valence-electron chi connectivity index (χ1n) is 6.15. The van der Waals surface area contributed by atoms with Crippen LogP contribution in [0.15, 0.2) is 11.7 Å². The first-order chi connectivity index (χ1) is 8.66. The van der Waals surface area contributed by atoms with Crippen LogP contribution in [0.5, 0.6) is 0 Å². The van der Waals surface area contributed by atoms with Gasteiger partial charge >= 0.3 is 0 Å². The van der Waals surface area contributed by atoms with Crippen LogP contribution in [-0.2, 0) is 16.1 Å². The summed E-state index contributed by atoms with van der Waals surface area (Å²) in [5, 5.41) is 2.85. The molecule has 2 unspecified atom stereocenters. The molecule has 0 bridgehead atoms. The summed E-state index contributed by atoms with van der Waals surface area (Å²) < 4.78 is 0. The third kappa shape index (κ3) is 2.01. The molecular weight excluding hydrogens is 250 g/mol. The summed E-state index contributed by atoms with van der Waals surface area (Å²) in [5.41, 5.74) is 1.74. The van der Waals surface area contributed by atoms with E-state index in [1.807, 2.05) is 0 Å². The van der Waals surface area contributed by atoms with E-state index in [2.05, 4.69) is 10.3 Å². The van der Waals surface area contributed by atoms with Crippen LogP contribution in [0, 0.1) is 5.92 Å². The summed E-state index contributed by atoms with van der Waals surface area (Å²) >= 11 is 1.51. The topological polar surface area (TPSA) is 62.3 Å². The first kappa shape index (κ1) is 11.6. The number of nitrogens with zero attached hydrogens (tertiary/aromatic N) is 2. The molecule has 1 aromatic heterocycles. The van der Waals surface area contributed by atoms with Crippen molar-refractivity contribution in [2.75, 3.05) is 0 Å². The number of piperazine rings is 1. The van der Waals surface area contributed by atoms with Crippen molar-refractivity contribution < 1.29 is 9.59 Å². The highest BCUT2D eigenvalue weighted by atomic mass is 32.1. The lowest BCUT2D eigenvalue weighted by molar-refractivity contribution is -0.149. The van der Waals surface area contributed by atoms with Crippen LogP contribution in [0.25, 0.3) is 0 Å². The molecule has 2 aliphatic rings. The molecule has 18 heavy (non-hydrogen) atoms. The molecule has 5 nitrogen and oxygen atoms in total. The molecule has 0 aromatic carbocycles. The monoisotopic (exact) mass is 265 g/mol. The summed E-state index contributed by atoms with van der Waals surface area (Å²) in [6.45, 7) is 2.26. The van der Waals surface area contributed by atoms with Gasteiger partial charge in [0.2, 0.25) is 11.8 Å². The van der Waals surface area contributed by atoms with Gasteiger partial charge in [-0.15, -0.1) is 11.3 Å². The molecule has 0 spiro atoms. The molecule has 96 valence electrons. The highest BCUT2D eigenvalue weighted by Gasteiger charge is 2.45. The fraction of sp³-hybridized carbons (Fsp3) is 0.583. The minimum atomic E-state index is -0.394. The van der Waals surface area contributed by atoms with Gasteiger partial charge < -0.3 is 10.2 Å². The molecule has 3 rings (SSSR count). The van der Waals surface area contributed by atoms with Gasteiger partial charge in [0.1, 0.15) is 12.1 Å². The van der Waals surface area contributed by atoms with Crippen LogP contribution < -0.4 is 5.32 Å². The van der Waals surface area contributed by atoms with Crippen molar-refractivity contribution in [1.29, 1.82) is 0 Å². The minimum Gasteiger partial charge on any atom is -0.342 e. The summed E-state index contributed by atoms with van der Waals surface area (Å²) in [6, 6.07) is -0.698. The molecule has 1 N–H and O–H groups in total. The zero-order valence-corrected chi connectivity index (χ0v) is 10.9. The Hall–Kier alpha value is -1.43. The van der Waals surface area contributed by atoms with E-state index >= 15 is 0 Å². The highest BCUT2D eigenvalue weighted by Crippen LogP contribution is 2.35. The third-order valence-electron chi connectivity index (χ3n) is 3.60. The zero-order valence-electron chi connectivity index (χ0n) is 10.1. The van der Waals surface area contributed by atoms with E-state index in [9.17, 15) is 9.59 Å². The zero-order chi connectivity index (χ0) is 12.7. The molecule has 1 saturated heterocycles. The van der Waals surface area contributed by atoms with Gasteiger partial charge in [0.15, 0.2) is 0 Å². The third-order valence-corrected chi connectivity index (χ3v) is 4.36. The predicted octanol–water partition coefficient (Wildman–Crippen LogP) is 0.769. The second-order valence-electron chi connectivity index (χ2n) is 4.93. The van der Waals surface area contributed by atoms with E-state index in [0.29, 0.717) is 12.5 Å². The van der Waals surface area contributed by atoms with Crippen LogP contribution >= 0.6 is 11.3 Å². The Balaban J connectivity index is 1.80. The Morgan fingerprint density at radius 2 is 2.28 bits per heavy atom.